The summed E-state index contributed by atoms with van der Waals surface area (Å²) in [7, 11) is 0. The van der Waals surface area contributed by atoms with Gasteiger partial charge in [0.15, 0.2) is 0 Å². The Hall–Kier alpha value is -1.68. The highest BCUT2D eigenvalue weighted by Crippen LogP contribution is 2.33. The highest BCUT2D eigenvalue weighted by atomic mass is 19.1. The Labute approximate surface area is 156 Å². The Kier molecular flexibility index (Phi) is 5.68. The van der Waals surface area contributed by atoms with Gasteiger partial charge in [0.25, 0.3) is 0 Å². The van der Waals surface area contributed by atoms with Crippen molar-refractivity contribution in [2.75, 3.05) is 13.1 Å². The number of aromatic nitrogens is 2. The summed E-state index contributed by atoms with van der Waals surface area (Å²) in [5.41, 5.74) is 1.62. The molecular weight excluding hydrogens is 325 g/mol. The molecule has 2 fully saturated rings. The number of likely N-dealkylation sites (tertiary alicyclic amines) is 1. The number of halogens is 1. The van der Waals surface area contributed by atoms with Crippen LogP contribution in [0.1, 0.15) is 57.1 Å². The molecule has 1 N–H and O–H groups in total. The SMILES string of the molecule is Fc1ccccc1-c1ncc(CN2CCC(CC3CCCCC3)CC2)[nH]1. The van der Waals surface area contributed by atoms with Gasteiger partial charge in [-0.1, -0.05) is 44.2 Å². The summed E-state index contributed by atoms with van der Waals surface area (Å²) in [5.74, 6) is 2.32. The highest BCUT2D eigenvalue weighted by molar-refractivity contribution is 5.55. The zero-order valence-corrected chi connectivity index (χ0v) is 15.6. The zero-order chi connectivity index (χ0) is 17.8. The normalized spacial score (nSPS) is 20.5. The van der Waals surface area contributed by atoms with Gasteiger partial charge in [0, 0.05) is 18.4 Å². The van der Waals surface area contributed by atoms with Gasteiger partial charge in [0.2, 0.25) is 0 Å². The van der Waals surface area contributed by atoms with E-state index >= 15 is 0 Å². The Morgan fingerprint density at radius 3 is 2.50 bits per heavy atom. The zero-order valence-electron chi connectivity index (χ0n) is 15.6. The smallest absolute Gasteiger partial charge is 0.140 e. The van der Waals surface area contributed by atoms with Crippen LogP contribution in [0.25, 0.3) is 11.4 Å². The molecule has 0 amide bonds. The quantitative estimate of drug-likeness (QED) is 0.779. The van der Waals surface area contributed by atoms with Gasteiger partial charge in [-0.05, 0) is 56.3 Å². The molecule has 0 unspecified atom stereocenters. The predicted octanol–water partition coefficient (Wildman–Crippen LogP) is 5.40. The molecule has 1 aromatic carbocycles. The molecule has 1 aliphatic carbocycles. The number of rotatable bonds is 5. The molecule has 1 saturated heterocycles. The molecule has 1 aliphatic heterocycles. The minimum atomic E-state index is -0.225. The molecule has 2 aromatic rings. The second-order valence-corrected chi connectivity index (χ2v) is 8.20. The van der Waals surface area contributed by atoms with E-state index < -0.39 is 0 Å². The summed E-state index contributed by atoms with van der Waals surface area (Å²) in [6.45, 7) is 3.23. The second kappa shape index (κ2) is 8.34. The van der Waals surface area contributed by atoms with Crippen LogP contribution in [0.15, 0.2) is 30.5 Å². The monoisotopic (exact) mass is 355 g/mol. The van der Waals surface area contributed by atoms with E-state index in [4.69, 9.17) is 0 Å². The van der Waals surface area contributed by atoms with Crippen LogP contribution in [-0.2, 0) is 6.54 Å². The number of benzene rings is 1. The van der Waals surface area contributed by atoms with Crippen molar-refractivity contribution in [2.45, 2.75) is 57.9 Å². The molecule has 2 heterocycles. The molecule has 0 atom stereocenters. The van der Waals surface area contributed by atoms with E-state index in [9.17, 15) is 4.39 Å². The van der Waals surface area contributed by atoms with Gasteiger partial charge in [-0.15, -0.1) is 0 Å². The summed E-state index contributed by atoms with van der Waals surface area (Å²) in [4.78, 5) is 10.2. The summed E-state index contributed by atoms with van der Waals surface area (Å²) < 4.78 is 13.9. The molecule has 0 radical (unpaired) electrons. The first-order valence-electron chi connectivity index (χ1n) is 10.3. The molecular formula is C22H30FN3. The van der Waals surface area contributed by atoms with Crippen molar-refractivity contribution < 1.29 is 4.39 Å². The first-order valence-corrected chi connectivity index (χ1v) is 10.3. The predicted molar refractivity (Wildman–Crippen MR) is 103 cm³/mol. The Bertz CT molecular complexity index is 697. The lowest BCUT2D eigenvalue weighted by Crippen LogP contribution is -2.34. The van der Waals surface area contributed by atoms with E-state index in [-0.39, 0.29) is 5.82 Å². The number of hydrogen-bond donors (Lipinski definition) is 1. The number of hydrogen-bond acceptors (Lipinski definition) is 2. The molecule has 0 spiro atoms. The van der Waals surface area contributed by atoms with Crippen molar-refractivity contribution in [1.82, 2.24) is 14.9 Å². The van der Waals surface area contributed by atoms with Crippen molar-refractivity contribution in [3.8, 4) is 11.4 Å². The van der Waals surface area contributed by atoms with E-state index in [0.29, 0.717) is 11.4 Å². The largest absolute Gasteiger partial charge is 0.341 e. The topological polar surface area (TPSA) is 31.9 Å². The Morgan fingerprint density at radius 1 is 1.00 bits per heavy atom. The van der Waals surface area contributed by atoms with Crippen molar-refractivity contribution in [2.24, 2.45) is 11.8 Å². The van der Waals surface area contributed by atoms with Crippen LogP contribution in [0, 0.1) is 17.7 Å². The summed E-state index contributed by atoms with van der Waals surface area (Å²) in [6, 6.07) is 6.81. The molecule has 1 aromatic heterocycles. The minimum Gasteiger partial charge on any atom is -0.341 e. The average Bonchev–Trinajstić information content (AvgIpc) is 3.13. The van der Waals surface area contributed by atoms with Crippen LogP contribution < -0.4 is 0 Å². The fraction of sp³-hybridized carbons (Fsp3) is 0.591. The van der Waals surface area contributed by atoms with E-state index in [2.05, 4.69) is 14.9 Å². The van der Waals surface area contributed by atoms with E-state index in [1.807, 2.05) is 12.3 Å². The van der Waals surface area contributed by atoms with Crippen molar-refractivity contribution >= 4 is 0 Å². The first-order chi connectivity index (χ1) is 12.8. The lowest BCUT2D eigenvalue weighted by atomic mass is 9.80. The molecule has 140 valence electrons. The van der Waals surface area contributed by atoms with Gasteiger partial charge in [0.1, 0.15) is 11.6 Å². The van der Waals surface area contributed by atoms with Crippen LogP contribution in [-0.4, -0.2) is 28.0 Å². The number of H-pyrrole nitrogens is 1. The third kappa shape index (κ3) is 4.35. The third-order valence-electron chi connectivity index (χ3n) is 6.25. The Balaban J connectivity index is 1.27. The second-order valence-electron chi connectivity index (χ2n) is 8.20. The Morgan fingerprint density at radius 2 is 1.73 bits per heavy atom. The molecule has 3 nitrogen and oxygen atoms in total. The van der Waals surface area contributed by atoms with Crippen molar-refractivity contribution in [1.29, 1.82) is 0 Å². The number of aromatic amines is 1. The number of nitrogens with zero attached hydrogens (tertiary/aromatic N) is 2. The van der Waals surface area contributed by atoms with Gasteiger partial charge in [-0.25, -0.2) is 9.37 Å². The fourth-order valence-corrected chi connectivity index (χ4v) is 4.74. The third-order valence-corrected chi connectivity index (χ3v) is 6.25. The molecule has 0 bridgehead atoms. The number of piperidine rings is 1. The molecule has 4 rings (SSSR count). The van der Waals surface area contributed by atoms with Crippen molar-refractivity contribution in [3.05, 3.63) is 42.0 Å². The highest BCUT2D eigenvalue weighted by Gasteiger charge is 2.24. The van der Waals surface area contributed by atoms with Crippen LogP contribution in [0.5, 0.6) is 0 Å². The van der Waals surface area contributed by atoms with E-state index in [1.54, 1.807) is 12.1 Å². The van der Waals surface area contributed by atoms with E-state index in [1.165, 1.54) is 70.5 Å². The first kappa shape index (κ1) is 17.7. The average molecular weight is 356 g/mol. The lowest BCUT2D eigenvalue weighted by Gasteiger charge is -2.34. The molecule has 26 heavy (non-hydrogen) atoms. The van der Waals surface area contributed by atoms with Gasteiger partial charge in [-0.2, -0.15) is 0 Å². The summed E-state index contributed by atoms with van der Waals surface area (Å²) in [6.07, 6.45) is 13.2. The maximum Gasteiger partial charge on any atom is 0.140 e. The van der Waals surface area contributed by atoms with Crippen LogP contribution in [0.4, 0.5) is 4.39 Å². The molecule has 1 saturated carbocycles. The van der Waals surface area contributed by atoms with Crippen molar-refractivity contribution in [3.63, 3.8) is 0 Å². The molecule has 2 aliphatic rings. The van der Waals surface area contributed by atoms with E-state index in [0.717, 1.165) is 24.1 Å². The van der Waals surface area contributed by atoms with Crippen LogP contribution in [0.3, 0.4) is 0 Å². The summed E-state index contributed by atoms with van der Waals surface area (Å²) in [5, 5.41) is 0. The van der Waals surface area contributed by atoms with Crippen LogP contribution >= 0.6 is 0 Å². The minimum absolute atomic E-state index is 0.225. The van der Waals surface area contributed by atoms with Gasteiger partial charge < -0.3 is 4.98 Å². The lowest BCUT2D eigenvalue weighted by molar-refractivity contribution is 0.151. The standard InChI is InChI=1S/C22H30FN3/c23-21-9-5-4-8-20(21)22-24-15-19(25-22)16-26-12-10-18(11-13-26)14-17-6-2-1-3-7-17/h4-5,8-9,15,17-18H,1-3,6-7,10-14,16H2,(H,24,25). The number of imidazole rings is 1. The molecule has 4 heteroatoms. The summed E-state index contributed by atoms with van der Waals surface area (Å²) >= 11 is 0. The van der Waals surface area contributed by atoms with Gasteiger partial charge in [-0.3, -0.25) is 4.90 Å². The fourth-order valence-electron chi connectivity index (χ4n) is 4.74. The van der Waals surface area contributed by atoms with Gasteiger partial charge in [0.05, 0.1) is 5.56 Å². The van der Waals surface area contributed by atoms with Crippen LogP contribution in [0.2, 0.25) is 0 Å². The maximum absolute atomic E-state index is 13.9. The van der Waals surface area contributed by atoms with Gasteiger partial charge >= 0.3 is 0 Å². The maximum atomic E-state index is 13.9. The number of nitrogens with one attached hydrogen (secondary N) is 1.